The number of hydrogen-bond donors (Lipinski definition) is 1. The summed E-state index contributed by atoms with van der Waals surface area (Å²) in [6.45, 7) is 5.58. The summed E-state index contributed by atoms with van der Waals surface area (Å²) in [5.74, 6) is 1.30. The van der Waals surface area contributed by atoms with Crippen LogP contribution in [0.1, 0.15) is 6.92 Å². The average molecular weight is 243 g/mol. The summed E-state index contributed by atoms with van der Waals surface area (Å²) < 4.78 is 10.5. The van der Waals surface area contributed by atoms with Crippen LogP contribution in [0.25, 0.3) is 11.1 Å². The highest BCUT2D eigenvalue weighted by Gasteiger charge is 2.08. The minimum absolute atomic E-state index is 0.317. The Labute approximate surface area is 104 Å². The quantitative estimate of drug-likeness (QED) is 0.660. The van der Waals surface area contributed by atoms with Crippen LogP contribution in [0.15, 0.2) is 53.3 Å². The number of nitrogens with two attached hydrogens (primary N) is 1. The second-order valence-corrected chi connectivity index (χ2v) is 3.47. The molecular weight excluding hydrogens is 230 g/mol. The van der Waals surface area contributed by atoms with E-state index in [0.717, 1.165) is 0 Å². The van der Waals surface area contributed by atoms with Crippen LogP contribution in [-0.4, -0.2) is 10.1 Å². The number of aromatic nitrogens is 2. The molecule has 5 heteroatoms. The molecule has 2 heterocycles. The molecule has 0 aliphatic rings. The summed E-state index contributed by atoms with van der Waals surface area (Å²) in [4.78, 5) is 4.15. The van der Waals surface area contributed by atoms with Crippen molar-refractivity contribution >= 4 is 16.9 Å². The molecule has 0 aromatic carbocycles. The number of rotatable bonds is 4. The van der Waals surface area contributed by atoms with Gasteiger partial charge in [0.05, 0.1) is 5.39 Å². The molecule has 2 N–H and O–H groups in total. The van der Waals surface area contributed by atoms with Gasteiger partial charge in [0.15, 0.2) is 5.82 Å². The van der Waals surface area contributed by atoms with E-state index in [2.05, 4.69) is 16.7 Å². The van der Waals surface area contributed by atoms with Gasteiger partial charge in [-0.2, -0.15) is 4.98 Å². The van der Waals surface area contributed by atoms with Crippen LogP contribution in [0.5, 0.6) is 5.88 Å². The van der Waals surface area contributed by atoms with Gasteiger partial charge in [-0.3, -0.25) is 0 Å². The first kappa shape index (κ1) is 11.9. The Morgan fingerprint density at radius 3 is 3.06 bits per heavy atom. The van der Waals surface area contributed by atoms with E-state index in [9.17, 15) is 0 Å². The van der Waals surface area contributed by atoms with Crippen molar-refractivity contribution in [2.24, 2.45) is 0 Å². The Morgan fingerprint density at radius 1 is 1.50 bits per heavy atom. The fourth-order valence-electron chi connectivity index (χ4n) is 1.34. The van der Waals surface area contributed by atoms with Crippen molar-refractivity contribution in [1.29, 1.82) is 0 Å². The Kier molecular flexibility index (Phi) is 3.43. The second-order valence-electron chi connectivity index (χ2n) is 3.47. The molecule has 0 radical (unpaired) electrons. The lowest BCUT2D eigenvalue weighted by Gasteiger charge is -2.03. The third-order valence-electron chi connectivity index (χ3n) is 2.22. The minimum Gasteiger partial charge on any atom is -0.439 e. The molecule has 2 rings (SSSR count). The Bertz CT molecular complexity index is 626. The fraction of sp³-hybridized carbons (Fsp3) is 0.0769. The monoisotopic (exact) mass is 243 g/mol. The van der Waals surface area contributed by atoms with Crippen LogP contribution in [0.4, 0.5) is 5.82 Å². The zero-order valence-electron chi connectivity index (χ0n) is 9.96. The van der Waals surface area contributed by atoms with Crippen LogP contribution in [0.3, 0.4) is 0 Å². The Hall–Kier alpha value is -2.56. The summed E-state index contributed by atoms with van der Waals surface area (Å²) >= 11 is 0. The number of anilines is 1. The van der Waals surface area contributed by atoms with Gasteiger partial charge >= 0.3 is 0 Å². The van der Waals surface area contributed by atoms with Crippen LogP contribution in [0.2, 0.25) is 0 Å². The van der Waals surface area contributed by atoms with Crippen molar-refractivity contribution in [3.05, 3.63) is 48.8 Å². The van der Waals surface area contributed by atoms with Crippen molar-refractivity contribution < 1.29 is 9.26 Å². The average Bonchev–Trinajstić information content (AvgIpc) is 2.76. The van der Waals surface area contributed by atoms with E-state index in [-0.39, 0.29) is 0 Å². The van der Waals surface area contributed by atoms with Crippen molar-refractivity contribution in [2.45, 2.75) is 6.92 Å². The standard InChI is InChI=1S/C13H13N3O2/c1-3-5-6-9(4-2)17-11-8-7-10-12(14)16-18-13(10)15-11/h3-8H,2H2,1H3,(H2,14,16)/b5-3-,9-6+. The number of hydrogen-bond acceptors (Lipinski definition) is 5. The summed E-state index contributed by atoms with van der Waals surface area (Å²) in [6, 6.07) is 3.45. The summed E-state index contributed by atoms with van der Waals surface area (Å²) in [5.41, 5.74) is 5.94. The van der Waals surface area contributed by atoms with Crippen molar-refractivity contribution in [3.63, 3.8) is 0 Å². The molecule has 0 saturated carbocycles. The van der Waals surface area contributed by atoms with Gasteiger partial charge in [-0.1, -0.05) is 23.9 Å². The van der Waals surface area contributed by atoms with Crippen LogP contribution < -0.4 is 10.5 Å². The number of pyridine rings is 1. The zero-order chi connectivity index (χ0) is 13.0. The molecule has 2 aromatic heterocycles. The van der Waals surface area contributed by atoms with Gasteiger partial charge in [-0.15, -0.1) is 0 Å². The lowest BCUT2D eigenvalue weighted by atomic mass is 10.3. The molecular formula is C13H13N3O2. The first-order chi connectivity index (χ1) is 8.74. The molecule has 0 saturated heterocycles. The maximum Gasteiger partial charge on any atom is 0.263 e. The number of allylic oxidation sites excluding steroid dienone is 4. The van der Waals surface area contributed by atoms with E-state index in [1.54, 1.807) is 24.3 Å². The highest BCUT2D eigenvalue weighted by Crippen LogP contribution is 2.22. The van der Waals surface area contributed by atoms with Gasteiger partial charge in [-0.05, 0) is 25.1 Å². The van der Waals surface area contributed by atoms with E-state index in [1.807, 2.05) is 19.1 Å². The maximum absolute atomic E-state index is 5.60. The third-order valence-corrected chi connectivity index (χ3v) is 2.22. The smallest absolute Gasteiger partial charge is 0.263 e. The fourth-order valence-corrected chi connectivity index (χ4v) is 1.34. The third kappa shape index (κ3) is 2.40. The summed E-state index contributed by atoms with van der Waals surface area (Å²) in [6.07, 6.45) is 7.12. The summed E-state index contributed by atoms with van der Waals surface area (Å²) in [5, 5.41) is 4.29. The topological polar surface area (TPSA) is 74.2 Å². The Balaban J connectivity index is 2.28. The van der Waals surface area contributed by atoms with Gasteiger partial charge in [0.1, 0.15) is 5.76 Å². The highest BCUT2D eigenvalue weighted by atomic mass is 16.5. The second kappa shape index (κ2) is 5.18. The Morgan fingerprint density at radius 2 is 2.33 bits per heavy atom. The number of fused-ring (bicyclic) bond motifs is 1. The van der Waals surface area contributed by atoms with Crippen molar-refractivity contribution in [3.8, 4) is 5.88 Å². The number of ether oxygens (including phenoxy) is 1. The van der Waals surface area contributed by atoms with Gasteiger partial charge < -0.3 is 15.0 Å². The number of nitrogen functional groups attached to an aromatic ring is 1. The van der Waals surface area contributed by atoms with Crippen LogP contribution in [-0.2, 0) is 0 Å². The summed E-state index contributed by atoms with van der Waals surface area (Å²) in [7, 11) is 0. The van der Waals surface area contributed by atoms with Crippen LogP contribution >= 0.6 is 0 Å². The molecule has 0 amide bonds. The SMILES string of the molecule is C=C/C(=C\C=C/C)Oc1ccc2c(N)noc2n1. The molecule has 0 spiro atoms. The molecule has 0 unspecified atom stereocenters. The zero-order valence-corrected chi connectivity index (χ0v) is 9.96. The van der Waals surface area contributed by atoms with Gasteiger partial charge in [-0.25, -0.2) is 0 Å². The molecule has 0 atom stereocenters. The molecule has 2 aromatic rings. The normalized spacial score (nSPS) is 12.2. The molecule has 92 valence electrons. The van der Waals surface area contributed by atoms with E-state index >= 15 is 0 Å². The first-order valence-corrected chi connectivity index (χ1v) is 5.39. The first-order valence-electron chi connectivity index (χ1n) is 5.39. The maximum atomic E-state index is 5.60. The molecule has 0 fully saturated rings. The number of nitrogens with zero attached hydrogens (tertiary/aromatic N) is 2. The van der Waals surface area contributed by atoms with E-state index in [1.165, 1.54) is 0 Å². The predicted molar refractivity (Wildman–Crippen MR) is 69.9 cm³/mol. The molecule has 0 aliphatic carbocycles. The van der Waals surface area contributed by atoms with Crippen molar-refractivity contribution in [1.82, 2.24) is 10.1 Å². The highest BCUT2D eigenvalue weighted by molar-refractivity contribution is 5.84. The molecule has 0 aliphatic heterocycles. The van der Waals surface area contributed by atoms with Gasteiger partial charge in [0.25, 0.3) is 5.71 Å². The molecule has 0 bridgehead atoms. The molecule has 18 heavy (non-hydrogen) atoms. The molecule has 5 nitrogen and oxygen atoms in total. The van der Waals surface area contributed by atoms with Crippen molar-refractivity contribution in [2.75, 3.05) is 5.73 Å². The lowest BCUT2D eigenvalue weighted by Crippen LogP contribution is -1.94. The van der Waals surface area contributed by atoms with E-state index in [0.29, 0.717) is 28.6 Å². The minimum atomic E-state index is 0.317. The van der Waals surface area contributed by atoms with Crippen LogP contribution in [0, 0.1) is 0 Å². The van der Waals surface area contributed by atoms with Gasteiger partial charge in [0.2, 0.25) is 5.88 Å². The largest absolute Gasteiger partial charge is 0.439 e. The van der Waals surface area contributed by atoms with E-state index < -0.39 is 0 Å². The van der Waals surface area contributed by atoms with E-state index in [4.69, 9.17) is 15.0 Å². The van der Waals surface area contributed by atoms with Gasteiger partial charge in [0, 0.05) is 6.07 Å². The predicted octanol–water partition coefficient (Wildman–Crippen LogP) is 2.83. The lowest BCUT2D eigenvalue weighted by molar-refractivity contribution is 0.415.